The summed E-state index contributed by atoms with van der Waals surface area (Å²) < 4.78 is 0. The Balaban J connectivity index is 2.68. The molecular formula is C8H11NS2. The molecule has 0 radical (unpaired) electrons. The zero-order valence-electron chi connectivity index (χ0n) is 6.41. The number of hydrogen-bond donors (Lipinski definition) is 1. The first-order valence-corrected chi connectivity index (χ1v) is 5.09. The highest BCUT2D eigenvalue weighted by molar-refractivity contribution is 8.02. The summed E-state index contributed by atoms with van der Waals surface area (Å²) in [6.07, 6.45) is 9.37. The van der Waals surface area contributed by atoms with E-state index in [0.29, 0.717) is 4.99 Å². The first kappa shape index (κ1) is 8.81. The van der Waals surface area contributed by atoms with E-state index in [4.69, 9.17) is 18.0 Å². The minimum atomic E-state index is 0.275. The molecule has 2 N–H and O–H groups in total. The normalized spacial score (nSPS) is 23.0. The molecule has 0 fully saturated rings. The maximum atomic E-state index is 5.53. The van der Waals surface area contributed by atoms with E-state index in [0.717, 1.165) is 6.42 Å². The van der Waals surface area contributed by atoms with E-state index in [1.165, 1.54) is 4.91 Å². The summed E-state index contributed by atoms with van der Waals surface area (Å²) in [7, 11) is 0. The van der Waals surface area contributed by atoms with Crippen molar-refractivity contribution in [3.63, 3.8) is 0 Å². The Morgan fingerprint density at radius 1 is 1.82 bits per heavy atom. The molecule has 0 aliphatic heterocycles. The summed E-state index contributed by atoms with van der Waals surface area (Å²) >= 11 is 6.63. The van der Waals surface area contributed by atoms with Crippen molar-refractivity contribution < 1.29 is 0 Å². The summed E-state index contributed by atoms with van der Waals surface area (Å²) in [5.41, 5.74) is 5.53. The number of allylic oxidation sites excluding steroid dienone is 2. The lowest BCUT2D eigenvalue weighted by molar-refractivity contribution is 0.872. The average molecular weight is 185 g/mol. The minimum Gasteiger partial charge on any atom is -0.393 e. The number of hydrogen-bond acceptors (Lipinski definition) is 2. The summed E-state index contributed by atoms with van der Waals surface area (Å²) in [6, 6.07) is 0. The fraction of sp³-hybridized carbons (Fsp3) is 0.375. The maximum absolute atomic E-state index is 5.53. The van der Waals surface area contributed by atoms with Gasteiger partial charge in [0.15, 0.2) is 0 Å². The Bertz CT molecular complexity index is 218. The summed E-state index contributed by atoms with van der Waals surface area (Å²) in [6.45, 7) is 0. The van der Waals surface area contributed by atoms with Gasteiger partial charge in [0.2, 0.25) is 0 Å². The number of nitrogens with two attached hydrogens (primary N) is 1. The largest absolute Gasteiger partial charge is 0.393 e. The van der Waals surface area contributed by atoms with Crippen molar-refractivity contribution >= 4 is 29.0 Å². The standard InChI is InChI=1S/C8H11NS2/c1-11-7-4-2-3-6(5-7)8(9)10/h2,4-6H,3H2,1H3,(H2,9,10). The highest BCUT2D eigenvalue weighted by Crippen LogP contribution is 2.23. The molecule has 1 atom stereocenters. The van der Waals surface area contributed by atoms with E-state index >= 15 is 0 Å². The van der Waals surface area contributed by atoms with Gasteiger partial charge >= 0.3 is 0 Å². The van der Waals surface area contributed by atoms with Crippen LogP contribution in [-0.2, 0) is 0 Å². The van der Waals surface area contributed by atoms with Gasteiger partial charge in [0, 0.05) is 10.8 Å². The van der Waals surface area contributed by atoms with Gasteiger partial charge in [0.25, 0.3) is 0 Å². The van der Waals surface area contributed by atoms with Crippen LogP contribution in [0.5, 0.6) is 0 Å². The maximum Gasteiger partial charge on any atom is 0.0800 e. The van der Waals surface area contributed by atoms with Gasteiger partial charge in [-0.3, -0.25) is 0 Å². The van der Waals surface area contributed by atoms with Gasteiger partial charge in [-0.1, -0.05) is 30.4 Å². The predicted molar refractivity (Wildman–Crippen MR) is 55.6 cm³/mol. The zero-order valence-corrected chi connectivity index (χ0v) is 8.04. The first-order valence-electron chi connectivity index (χ1n) is 3.45. The molecule has 0 saturated carbocycles. The van der Waals surface area contributed by atoms with Gasteiger partial charge in [-0.2, -0.15) is 0 Å². The third-order valence-electron chi connectivity index (χ3n) is 1.64. The molecule has 60 valence electrons. The van der Waals surface area contributed by atoms with Crippen molar-refractivity contribution in [3.8, 4) is 0 Å². The molecule has 1 aliphatic carbocycles. The van der Waals surface area contributed by atoms with E-state index in [1.807, 2.05) is 0 Å². The van der Waals surface area contributed by atoms with Gasteiger partial charge in [-0.15, -0.1) is 11.8 Å². The van der Waals surface area contributed by atoms with Crippen molar-refractivity contribution in [2.24, 2.45) is 11.7 Å². The molecule has 11 heavy (non-hydrogen) atoms. The number of thioether (sulfide) groups is 1. The molecule has 0 bridgehead atoms. The van der Waals surface area contributed by atoms with Crippen LogP contribution in [-0.4, -0.2) is 11.2 Å². The third kappa shape index (κ3) is 2.34. The summed E-state index contributed by atoms with van der Waals surface area (Å²) in [4.78, 5) is 1.86. The predicted octanol–water partition coefficient (Wildman–Crippen LogP) is 2.10. The Labute approximate surface area is 76.7 Å². The molecule has 0 saturated heterocycles. The van der Waals surface area contributed by atoms with Crippen LogP contribution in [0, 0.1) is 5.92 Å². The van der Waals surface area contributed by atoms with Crippen LogP contribution in [0.2, 0.25) is 0 Å². The van der Waals surface area contributed by atoms with E-state index in [1.54, 1.807) is 11.8 Å². The van der Waals surface area contributed by atoms with E-state index in [9.17, 15) is 0 Å². The minimum absolute atomic E-state index is 0.275. The van der Waals surface area contributed by atoms with Gasteiger partial charge in [-0.25, -0.2) is 0 Å². The fourth-order valence-electron chi connectivity index (χ4n) is 0.987. The van der Waals surface area contributed by atoms with Gasteiger partial charge in [0.1, 0.15) is 0 Å². The molecule has 0 amide bonds. The Kier molecular flexibility index (Phi) is 3.15. The van der Waals surface area contributed by atoms with Crippen LogP contribution in [0.3, 0.4) is 0 Å². The molecule has 1 aliphatic rings. The van der Waals surface area contributed by atoms with Crippen molar-refractivity contribution in [3.05, 3.63) is 23.1 Å². The monoisotopic (exact) mass is 185 g/mol. The second kappa shape index (κ2) is 3.93. The Morgan fingerprint density at radius 3 is 3.09 bits per heavy atom. The molecule has 0 aromatic heterocycles. The molecule has 1 nitrogen and oxygen atoms in total. The third-order valence-corrected chi connectivity index (χ3v) is 2.69. The van der Waals surface area contributed by atoms with Crippen LogP contribution in [0.25, 0.3) is 0 Å². The Hall–Kier alpha value is -0.280. The van der Waals surface area contributed by atoms with Crippen molar-refractivity contribution in [2.75, 3.05) is 6.26 Å². The van der Waals surface area contributed by atoms with Gasteiger partial charge in [0.05, 0.1) is 4.99 Å². The zero-order chi connectivity index (χ0) is 8.27. The quantitative estimate of drug-likeness (QED) is 0.667. The van der Waals surface area contributed by atoms with Crippen LogP contribution in [0.15, 0.2) is 23.1 Å². The summed E-state index contributed by atoms with van der Waals surface area (Å²) in [5.74, 6) is 0.275. The van der Waals surface area contributed by atoms with Gasteiger partial charge in [-0.05, 0) is 12.7 Å². The van der Waals surface area contributed by atoms with Crippen molar-refractivity contribution in [2.45, 2.75) is 6.42 Å². The Morgan fingerprint density at radius 2 is 2.55 bits per heavy atom. The molecule has 0 aromatic carbocycles. The second-order valence-corrected chi connectivity index (χ2v) is 3.77. The molecule has 1 unspecified atom stereocenters. The number of thiocarbonyl (C=S) groups is 1. The molecule has 0 heterocycles. The SMILES string of the molecule is CSC1=CC(C(N)=S)CC=C1. The highest BCUT2D eigenvalue weighted by Gasteiger charge is 2.10. The van der Waals surface area contributed by atoms with Crippen molar-refractivity contribution in [1.29, 1.82) is 0 Å². The molecule has 0 aromatic rings. The fourth-order valence-corrected chi connectivity index (χ4v) is 1.68. The lowest BCUT2D eigenvalue weighted by Gasteiger charge is -2.13. The lowest BCUT2D eigenvalue weighted by Crippen LogP contribution is -2.19. The van der Waals surface area contributed by atoms with Crippen LogP contribution in [0.4, 0.5) is 0 Å². The van der Waals surface area contributed by atoms with Crippen LogP contribution < -0.4 is 5.73 Å². The second-order valence-electron chi connectivity index (χ2n) is 2.42. The van der Waals surface area contributed by atoms with E-state index in [-0.39, 0.29) is 5.92 Å². The molecule has 1 rings (SSSR count). The van der Waals surface area contributed by atoms with E-state index in [2.05, 4.69) is 24.5 Å². The molecule has 3 heteroatoms. The summed E-state index contributed by atoms with van der Waals surface area (Å²) in [5, 5.41) is 0. The average Bonchev–Trinajstić information content (AvgIpc) is 2.05. The highest BCUT2D eigenvalue weighted by atomic mass is 32.2. The molecular weight excluding hydrogens is 174 g/mol. The lowest BCUT2D eigenvalue weighted by atomic mass is 10.0. The first-order chi connectivity index (χ1) is 5.24. The van der Waals surface area contributed by atoms with Gasteiger partial charge < -0.3 is 5.73 Å². The number of rotatable bonds is 2. The van der Waals surface area contributed by atoms with E-state index < -0.39 is 0 Å². The van der Waals surface area contributed by atoms with Crippen molar-refractivity contribution in [1.82, 2.24) is 0 Å². The van der Waals surface area contributed by atoms with Crippen LogP contribution >= 0.6 is 24.0 Å². The topological polar surface area (TPSA) is 26.0 Å². The van der Waals surface area contributed by atoms with Crippen LogP contribution in [0.1, 0.15) is 6.42 Å². The smallest absolute Gasteiger partial charge is 0.0800 e. The molecule has 0 spiro atoms.